The van der Waals surface area contributed by atoms with E-state index in [2.05, 4.69) is 0 Å². The maximum absolute atomic E-state index is 13.9. The molecule has 0 bridgehead atoms. The lowest BCUT2D eigenvalue weighted by atomic mass is 9.75. The number of hydrogen-bond donors (Lipinski definition) is 1. The predicted molar refractivity (Wildman–Crippen MR) is 118 cm³/mol. The topological polar surface area (TPSA) is 91.1 Å². The molecule has 3 aliphatic rings. The lowest BCUT2D eigenvalue weighted by Gasteiger charge is -2.41. The zero-order chi connectivity index (χ0) is 24.9. The summed E-state index contributed by atoms with van der Waals surface area (Å²) in [6.45, 7) is 0.0279. The van der Waals surface area contributed by atoms with Gasteiger partial charge in [-0.3, -0.25) is 9.69 Å². The summed E-state index contributed by atoms with van der Waals surface area (Å²) >= 11 is 0. The van der Waals surface area contributed by atoms with Gasteiger partial charge in [-0.05, 0) is 42.7 Å². The lowest BCUT2D eigenvalue weighted by molar-refractivity contribution is -0.137. The van der Waals surface area contributed by atoms with Crippen molar-refractivity contribution in [1.82, 2.24) is 0 Å². The van der Waals surface area contributed by atoms with Gasteiger partial charge in [-0.2, -0.15) is 13.2 Å². The summed E-state index contributed by atoms with van der Waals surface area (Å²) < 4.78 is 57.6. The van der Waals surface area contributed by atoms with E-state index in [-0.39, 0.29) is 41.7 Å². The van der Waals surface area contributed by atoms with Crippen LogP contribution in [0, 0.1) is 0 Å². The van der Waals surface area contributed by atoms with Crippen LogP contribution in [0.3, 0.4) is 0 Å². The number of halogens is 3. The quantitative estimate of drug-likeness (QED) is 0.644. The number of ketones is 1. The highest BCUT2D eigenvalue weighted by Crippen LogP contribution is 2.50. The number of alkyl halides is 3. The van der Waals surface area contributed by atoms with E-state index < -0.39 is 23.6 Å². The first-order valence-corrected chi connectivity index (χ1v) is 10.9. The molecule has 1 atom stereocenters. The van der Waals surface area contributed by atoms with Gasteiger partial charge in [-0.25, -0.2) is 4.79 Å². The monoisotopic (exact) mass is 486 g/mol. The number of carbonyl (C=O) groups is 2. The molecule has 35 heavy (non-hydrogen) atoms. The van der Waals surface area contributed by atoms with Crippen molar-refractivity contribution in [1.29, 1.82) is 0 Å². The van der Waals surface area contributed by atoms with E-state index in [4.69, 9.17) is 19.9 Å². The number of nitrogens with zero attached hydrogens (tertiary/aromatic N) is 1. The summed E-state index contributed by atoms with van der Waals surface area (Å²) in [5, 5.41) is 0. The van der Waals surface area contributed by atoms with E-state index in [9.17, 15) is 22.8 Å². The molecule has 5 rings (SSSR count). The normalized spacial score (nSPS) is 19.7. The van der Waals surface area contributed by atoms with Gasteiger partial charge < -0.3 is 19.9 Å². The van der Waals surface area contributed by atoms with E-state index in [1.807, 2.05) is 0 Å². The third kappa shape index (κ3) is 3.69. The third-order valence-corrected chi connectivity index (χ3v) is 6.38. The van der Waals surface area contributed by atoms with E-state index >= 15 is 0 Å². The van der Waals surface area contributed by atoms with E-state index in [1.165, 1.54) is 23.1 Å². The molecule has 0 fully saturated rings. The van der Waals surface area contributed by atoms with Gasteiger partial charge in [0, 0.05) is 17.7 Å². The Labute approximate surface area is 198 Å². The Hall–Kier alpha value is -3.95. The summed E-state index contributed by atoms with van der Waals surface area (Å²) in [5.41, 5.74) is 6.25. The molecule has 2 heterocycles. The second-order valence-electron chi connectivity index (χ2n) is 8.32. The zero-order valence-corrected chi connectivity index (χ0v) is 18.6. The van der Waals surface area contributed by atoms with Crippen molar-refractivity contribution in [3.05, 3.63) is 76.3 Å². The Morgan fingerprint density at radius 2 is 1.86 bits per heavy atom. The molecule has 2 aromatic carbocycles. The van der Waals surface area contributed by atoms with E-state index in [1.54, 1.807) is 18.2 Å². The van der Waals surface area contributed by atoms with Crippen molar-refractivity contribution in [2.24, 2.45) is 5.73 Å². The maximum Gasteiger partial charge on any atom is 0.418 e. The highest BCUT2D eigenvalue weighted by atomic mass is 19.4. The smallest absolute Gasteiger partial charge is 0.418 e. The number of para-hydroxylation sites is 1. The first-order chi connectivity index (χ1) is 16.7. The Balaban J connectivity index is 1.79. The van der Waals surface area contributed by atoms with Gasteiger partial charge in [-0.15, -0.1) is 0 Å². The molecular formula is C25H21F3N2O5. The van der Waals surface area contributed by atoms with Crippen molar-refractivity contribution in [3.8, 4) is 11.5 Å². The van der Waals surface area contributed by atoms with Crippen LogP contribution in [0.25, 0.3) is 0 Å². The minimum atomic E-state index is -4.68. The van der Waals surface area contributed by atoms with Gasteiger partial charge in [0.25, 0.3) is 0 Å². The van der Waals surface area contributed by atoms with Crippen molar-refractivity contribution in [2.75, 3.05) is 18.8 Å². The predicted octanol–water partition coefficient (Wildman–Crippen LogP) is 4.39. The summed E-state index contributed by atoms with van der Waals surface area (Å²) in [5.74, 6) is -1.33. The Kier molecular flexibility index (Phi) is 5.46. The number of Topliss-reactive ketones (excluding diaryl/α,β-unsaturated/α-hetero) is 1. The number of nitrogens with two attached hydrogens (primary N) is 1. The number of allylic oxidation sites excluding steroid dienone is 2. The summed E-state index contributed by atoms with van der Waals surface area (Å²) in [4.78, 5) is 27.5. The Morgan fingerprint density at radius 3 is 2.60 bits per heavy atom. The Morgan fingerprint density at radius 1 is 1.11 bits per heavy atom. The molecule has 1 aliphatic carbocycles. The van der Waals surface area contributed by atoms with Crippen LogP contribution in [0.5, 0.6) is 11.5 Å². The van der Waals surface area contributed by atoms with E-state index in [0.29, 0.717) is 35.6 Å². The minimum Gasteiger partial charge on any atom is -0.466 e. The molecule has 0 saturated heterocycles. The number of carbonyl (C=O) groups excluding carboxylic acids is 2. The Bertz CT molecular complexity index is 1300. The second-order valence-corrected chi connectivity index (χ2v) is 8.32. The van der Waals surface area contributed by atoms with Gasteiger partial charge in [0.15, 0.2) is 17.3 Å². The molecule has 0 radical (unpaired) electrons. The number of fused-ring (bicyclic) bond motifs is 1. The molecule has 2 aliphatic heterocycles. The fraction of sp³-hybridized carbons (Fsp3) is 0.280. The average Bonchev–Trinajstić information content (AvgIpc) is 3.30. The van der Waals surface area contributed by atoms with Crippen LogP contribution in [0.1, 0.15) is 36.3 Å². The summed E-state index contributed by atoms with van der Waals surface area (Å²) in [7, 11) is 1.15. The number of methoxy groups -OCH3 is 1. The molecular weight excluding hydrogens is 465 g/mol. The van der Waals surface area contributed by atoms with Gasteiger partial charge in [0.05, 0.1) is 29.9 Å². The molecule has 0 saturated carbocycles. The number of esters is 1. The highest BCUT2D eigenvalue weighted by molar-refractivity contribution is 6.05. The molecule has 0 spiro atoms. The molecule has 182 valence electrons. The van der Waals surface area contributed by atoms with Crippen LogP contribution in [0.2, 0.25) is 0 Å². The molecule has 2 aromatic rings. The van der Waals surface area contributed by atoms with Crippen LogP contribution in [0.15, 0.2) is 65.1 Å². The molecule has 0 aromatic heterocycles. The molecule has 0 unspecified atom stereocenters. The average molecular weight is 486 g/mol. The van der Waals surface area contributed by atoms with Crippen LogP contribution >= 0.6 is 0 Å². The van der Waals surface area contributed by atoms with Crippen LogP contribution in [-0.4, -0.2) is 25.7 Å². The molecule has 10 heteroatoms. The number of anilines is 1. The fourth-order valence-electron chi connectivity index (χ4n) is 4.91. The first-order valence-electron chi connectivity index (χ1n) is 10.9. The third-order valence-electron chi connectivity index (χ3n) is 6.38. The standard InChI is InChI=1S/C25H21F3N2O5/c1-33-24(32)22-20(13-9-10-18-19(11-13)35-12-34-18)21-16(7-4-8-17(21)31)30(23(22)29)15-6-3-2-5-14(15)25(26,27)28/h2-3,5-6,9-11,20H,4,7-8,12,29H2,1H3/t20-/m0/s1. The van der Waals surface area contributed by atoms with Gasteiger partial charge >= 0.3 is 12.1 Å². The maximum atomic E-state index is 13.9. The van der Waals surface area contributed by atoms with E-state index in [0.717, 1.165) is 13.2 Å². The van der Waals surface area contributed by atoms with Crippen molar-refractivity contribution in [3.63, 3.8) is 0 Å². The molecule has 7 nitrogen and oxygen atoms in total. The van der Waals surface area contributed by atoms with Crippen molar-refractivity contribution < 1.29 is 37.0 Å². The van der Waals surface area contributed by atoms with Crippen LogP contribution in [-0.2, 0) is 20.5 Å². The summed E-state index contributed by atoms with van der Waals surface area (Å²) in [6.07, 6.45) is -3.74. The highest BCUT2D eigenvalue weighted by Gasteiger charge is 2.45. The molecule has 0 amide bonds. The number of hydrogen-bond acceptors (Lipinski definition) is 7. The van der Waals surface area contributed by atoms with Gasteiger partial charge in [0.1, 0.15) is 5.82 Å². The summed E-state index contributed by atoms with van der Waals surface area (Å²) in [6, 6.07) is 9.92. The van der Waals surface area contributed by atoms with Gasteiger partial charge in [0.2, 0.25) is 6.79 Å². The van der Waals surface area contributed by atoms with Crippen LogP contribution in [0.4, 0.5) is 18.9 Å². The number of benzene rings is 2. The minimum absolute atomic E-state index is 0.0279. The number of ether oxygens (including phenoxy) is 3. The van der Waals surface area contributed by atoms with Gasteiger partial charge in [-0.1, -0.05) is 18.2 Å². The fourth-order valence-corrected chi connectivity index (χ4v) is 4.91. The molecule has 2 N–H and O–H groups in total. The largest absolute Gasteiger partial charge is 0.466 e. The first kappa shape index (κ1) is 22.8. The zero-order valence-electron chi connectivity index (χ0n) is 18.6. The van der Waals surface area contributed by atoms with Crippen molar-refractivity contribution >= 4 is 17.4 Å². The van der Waals surface area contributed by atoms with Crippen LogP contribution < -0.4 is 20.1 Å². The SMILES string of the molecule is COC(=O)C1=C(N)N(c2ccccc2C(F)(F)F)C2=C(C(=O)CCC2)[C@@H]1c1ccc2c(c1)OCO2. The number of rotatable bonds is 3. The second kappa shape index (κ2) is 8.37. The van der Waals surface area contributed by atoms with Crippen molar-refractivity contribution in [2.45, 2.75) is 31.4 Å². The lowest BCUT2D eigenvalue weighted by Crippen LogP contribution is -2.41.